The predicted octanol–water partition coefficient (Wildman–Crippen LogP) is 3.51. The predicted molar refractivity (Wildman–Crippen MR) is 92.5 cm³/mol. The van der Waals surface area contributed by atoms with Crippen molar-refractivity contribution >= 4 is 23.1 Å². The van der Waals surface area contributed by atoms with Crippen LogP contribution in [0.4, 0.5) is 5.69 Å². The Morgan fingerprint density at radius 1 is 1.30 bits per heavy atom. The number of ether oxygens (including phenoxy) is 1. The van der Waals surface area contributed by atoms with Crippen LogP contribution in [-0.4, -0.2) is 25.0 Å². The lowest BCUT2D eigenvalue weighted by Crippen LogP contribution is -2.28. The first-order valence-corrected chi connectivity index (χ1v) is 8.02. The number of halogens is 1. The van der Waals surface area contributed by atoms with Crippen molar-refractivity contribution in [1.82, 2.24) is 5.32 Å². The highest BCUT2D eigenvalue weighted by Crippen LogP contribution is 2.29. The number of rotatable bonds is 5. The number of carbonyl (C=O) groups excluding carboxylic acids is 1. The molecule has 0 saturated carbocycles. The molecule has 0 spiro atoms. The number of ketones is 1. The van der Waals surface area contributed by atoms with E-state index in [1.54, 1.807) is 0 Å². The maximum absolute atomic E-state index is 12.3. The van der Waals surface area contributed by atoms with Crippen molar-refractivity contribution in [2.24, 2.45) is 0 Å². The number of anilines is 1. The maximum Gasteiger partial charge on any atom is 0.176 e. The molecule has 0 aliphatic carbocycles. The van der Waals surface area contributed by atoms with Gasteiger partial charge in [-0.15, -0.1) is 0 Å². The minimum absolute atomic E-state index is 0.0576. The van der Waals surface area contributed by atoms with Crippen molar-refractivity contribution in [3.8, 4) is 5.75 Å². The summed E-state index contributed by atoms with van der Waals surface area (Å²) in [7, 11) is 0. The molecule has 23 heavy (non-hydrogen) atoms. The van der Waals surface area contributed by atoms with Gasteiger partial charge < -0.3 is 15.4 Å². The van der Waals surface area contributed by atoms with Gasteiger partial charge in [-0.2, -0.15) is 0 Å². The number of nitrogens with one attached hydrogen (secondary N) is 2. The molecule has 0 saturated heterocycles. The third-order valence-corrected chi connectivity index (χ3v) is 3.99. The van der Waals surface area contributed by atoms with E-state index in [0.29, 0.717) is 23.7 Å². The Morgan fingerprint density at radius 3 is 2.87 bits per heavy atom. The zero-order valence-corrected chi connectivity index (χ0v) is 13.7. The summed E-state index contributed by atoms with van der Waals surface area (Å²) in [6.07, 6.45) is 0.144. The molecular formula is C18H19ClN2O2. The fourth-order valence-corrected chi connectivity index (χ4v) is 2.61. The van der Waals surface area contributed by atoms with Gasteiger partial charge in [-0.3, -0.25) is 4.79 Å². The van der Waals surface area contributed by atoms with Gasteiger partial charge >= 0.3 is 0 Å². The second-order valence-electron chi connectivity index (χ2n) is 5.67. The molecule has 120 valence electrons. The molecule has 1 aliphatic rings. The number of Topliss-reactive ketones (excluding diaryl/α,β-unsaturated/α-hetero) is 1. The molecule has 0 aromatic heterocycles. The smallest absolute Gasteiger partial charge is 0.176 e. The van der Waals surface area contributed by atoms with Crippen LogP contribution in [0, 0.1) is 0 Å². The molecule has 3 rings (SSSR count). The number of fused-ring (bicyclic) bond motifs is 1. The van der Waals surface area contributed by atoms with Crippen LogP contribution in [0.3, 0.4) is 0 Å². The fourth-order valence-electron chi connectivity index (χ4n) is 2.48. The highest BCUT2D eigenvalue weighted by atomic mass is 35.5. The van der Waals surface area contributed by atoms with Gasteiger partial charge in [-0.05, 0) is 42.8 Å². The van der Waals surface area contributed by atoms with Crippen molar-refractivity contribution < 1.29 is 9.53 Å². The zero-order valence-electron chi connectivity index (χ0n) is 12.9. The van der Waals surface area contributed by atoms with E-state index in [1.165, 1.54) is 0 Å². The summed E-state index contributed by atoms with van der Waals surface area (Å²) >= 11 is 5.85. The molecule has 0 bridgehead atoms. The van der Waals surface area contributed by atoms with E-state index in [4.69, 9.17) is 16.3 Å². The molecule has 2 aromatic rings. The first kappa shape index (κ1) is 15.8. The number of hydrogen-bond acceptors (Lipinski definition) is 4. The second kappa shape index (κ2) is 7.02. The molecule has 4 nitrogen and oxygen atoms in total. The average molecular weight is 331 g/mol. The third kappa shape index (κ3) is 4.03. The van der Waals surface area contributed by atoms with Gasteiger partial charge in [-0.1, -0.05) is 23.7 Å². The van der Waals surface area contributed by atoms with Crippen LogP contribution in [0.15, 0.2) is 42.5 Å². The Morgan fingerprint density at radius 2 is 2.09 bits per heavy atom. The first-order valence-electron chi connectivity index (χ1n) is 7.65. The van der Waals surface area contributed by atoms with E-state index in [1.807, 2.05) is 49.4 Å². The van der Waals surface area contributed by atoms with Crippen LogP contribution in [-0.2, 0) is 6.54 Å². The molecule has 2 aromatic carbocycles. The molecule has 2 N–H and O–H groups in total. The Bertz CT molecular complexity index is 701. The monoisotopic (exact) mass is 330 g/mol. The van der Waals surface area contributed by atoms with Crippen molar-refractivity contribution in [3.63, 3.8) is 0 Å². The Labute approximate surface area is 140 Å². The van der Waals surface area contributed by atoms with Crippen molar-refractivity contribution in [2.75, 3.05) is 18.4 Å². The lowest BCUT2D eigenvalue weighted by molar-refractivity contribution is 0.0990. The summed E-state index contributed by atoms with van der Waals surface area (Å²) in [6, 6.07) is 13.1. The summed E-state index contributed by atoms with van der Waals surface area (Å²) < 4.78 is 5.71. The van der Waals surface area contributed by atoms with Crippen LogP contribution in [0.2, 0.25) is 5.02 Å². The molecule has 0 fully saturated rings. The molecule has 0 amide bonds. The molecular weight excluding hydrogens is 312 g/mol. The first-order chi connectivity index (χ1) is 11.1. The third-order valence-electron chi connectivity index (χ3n) is 3.74. The summed E-state index contributed by atoms with van der Waals surface area (Å²) in [4.78, 5) is 12.3. The van der Waals surface area contributed by atoms with Gasteiger partial charge in [0.15, 0.2) is 5.78 Å². The van der Waals surface area contributed by atoms with Crippen molar-refractivity contribution in [2.45, 2.75) is 19.6 Å². The Balaban J connectivity index is 1.57. The Hall–Kier alpha value is -2.04. The highest BCUT2D eigenvalue weighted by molar-refractivity contribution is 6.30. The molecule has 1 unspecified atom stereocenters. The standard InChI is InChI=1S/C18H19ClN2O2/c1-12-9-21-16-8-14(4-7-18(16)23-12)17(22)11-20-10-13-2-5-15(19)6-3-13/h2-8,12,20-21H,9-11H2,1H3. The van der Waals surface area contributed by atoms with Crippen LogP contribution in [0.25, 0.3) is 0 Å². The van der Waals surface area contributed by atoms with Crippen LogP contribution in [0.1, 0.15) is 22.8 Å². The highest BCUT2D eigenvalue weighted by Gasteiger charge is 2.17. The van der Waals surface area contributed by atoms with Gasteiger partial charge in [0.05, 0.1) is 18.8 Å². The molecule has 1 heterocycles. The van der Waals surface area contributed by atoms with Crippen molar-refractivity contribution in [1.29, 1.82) is 0 Å². The normalized spacial score (nSPS) is 16.2. The number of benzene rings is 2. The number of carbonyl (C=O) groups is 1. The van der Waals surface area contributed by atoms with E-state index in [9.17, 15) is 4.79 Å². The molecule has 0 radical (unpaired) electrons. The van der Waals surface area contributed by atoms with Gasteiger partial charge in [-0.25, -0.2) is 0 Å². The SMILES string of the molecule is CC1CNc2cc(C(=O)CNCc3ccc(Cl)cc3)ccc2O1. The maximum atomic E-state index is 12.3. The fraction of sp³-hybridized carbons (Fsp3) is 0.278. The quantitative estimate of drug-likeness (QED) is 0.824. The van der Waals surface area contributed by atoms with Crippen LogP contribution >= 0.6 is 11.6 Å². The van der Waals surface area contributed by atoms with E-state index in [2.05, 4.69) is 10.6 Å². The van der Waals surface area contributed by atoms with E-state index in [-0.39, 0.29) is 11.9 Å². The van der Waals surface area contributed by atoms with Crippen molar-refractivity contribution in [3.05, 3.63) is 58.6 Å². The lowest BCUT2D eigenvalue weighted by Gasteiger charge is -2.25. The Kier molecular flexibility index (Phi) is 4.84. The summed E-state index contributed by atoms with van der Waals surface area (Å²) in [5.74, 6) is 0.858. The van der Waals surface area contributed by atoms with Gasteiger partial charge in [0, 0.05) is 17.1 Å². The zero-order chi connectivity index (χ0) is 16.2. The van der Waals surface area contributed by atoms with Gasteiger partial charge in [0.2, 0.25) is 0 Å². The van der Waals surface area contributed by atoms with Gasteiger partial charge in [0.1, 0.15) is 11.9 Å². The van der Waals surface area contributed by atoms with E-state index in [0.717, 1.165) is 23.5 Å². The van der Waals surface area contributed by atoms with Crippen LogP contribution < -0.4 is 15.4 Å². The lowest BCUT2D eigenvalue weighted by atomic mass is 10.1. The molecule has 1 aliphatic heterocycles. The summed E-state index contributed by atoms with van der Waals surface area (Å²) in [6.45, 7) is 3.68. The van der Waals surface area contributed by atoms with Crippen LogP contribution in [0.5, 0.6) is 5.75 Å². The molecule has 1 atom stereocenters. The van der Waals surface area contributed by atoms with E-state index >= 15 is 0 Å². The number of hydrogen-bond donors (Lipinski definition) is 2. The average Bonchev–Trinajstić information content (AvgIpc) is 2.56. The largest absolute Gasteiger partial charge is 0.487 e. The van der Waals surface area contributed by atoms with E-state index < -0.39 is 0 Å². The second-order valence-corrected chi connectivity index (χ2v) is 6.11. The molecule has 5 heteroatoms. The summed E-state index contributed by atoms with van der Waals surface area (Å²) in [5, 5.41) is 7.16. The minimum atomic E-state index is 0.0576. The minimum Gasteiger partial charge on any atom is -0.487 e. The summed E-state index contributed by atoms with van der Waals surface area (Å²) in [5.41, 5.74) is 2.65. The van der Waals surface area contributed by atoms with Gasteiger partial charge in [0.25, 0.3) is 0 Å². The topological polar surface area (TPSA) is 50.4 Å².